The van der Waals surface area contributed by atoms with E-state index < -0.39 is 0 Å². The van der Waals surface area contributed by atoms with Gasteiger partial charge in [-0.1, -0.05) is 118 Å². The van der Waals surface area contributed by atoms with E-state index in [-0.39, 0.29) is 16.4 Å². The third kappa shape index (κ3) is 4.96. The second-order valence-corrected chi connectivity index (χ2v) is 12.0. The Hall–Kier alpha value is -3.20. The topological polar surface area (TPSA) is 18.5 Å². The van der Waals surface area contributed by atoms with Crippen molar-refractivity contribution < 1.29 is 9.47 Å². The molecule has 0 spiro atoms. The van der Waals surface area contributed by atoms with Crippen LogP contribution in [0.3, 0.4) is 0 Å². The summed E-state index contributed by atoms with van der Waals surface area (Å²) in [6.07, 6.45) is 3.83. The first-order valence-electron chi connectivity index (χ1n) is 15.5. The third-order valence-electron chi connectivity index (χ3n) is 9.56. The molecule has 0 aliphatic heterocycles. The van der Waals surface area contributed by atoms with Crippen molar-refractivity contribution in [2.24, 2.45) is 0 Å². The molecular formula is C39H46O2. The Morgan fingerprint density at radius 3 is 1.24 bits per heavy atom. The molecule has 6 rings (SSSR count). The summed E-state index contributed by atoms with van der Waals surface area (Å²) in [5.74, 6) is 0. The molecule has 0 bridgehead atoms. The molecule has 0 saturated carbocycles. The molecule has 0 amide bonds. The van der Waals surface area contributed by atoms with Crippen LogP contribution in [0.4, 0.5) is 0 Å². The summed E-state index contributed by atoms with van der Waals surface area (Å²) < 4.78 is 12.4. The summed E-state index contributed by atoms with van der Waals surface area (Å²) in [4.78, 5) is 0. The Labute approximate surface area is 247 Å². The smallest absolute Gasteiger partial charge is 0.0623 e. The fourth-order valence-electron chi connectivity index (χ4n) is 7.32. The van der Waals surface area contributed by atoms with Crippen LogP contribution in [0.5, 0.6) is 0 Å². The van der Waals surface area contributed by atoms with E-state index in [4.69, 9.17) is 9.47 Å². The minimum atomic E-state index is -0.185. The van der Waals surface area contributed by atoms with E-state index in [2.05, 4.69) is 118 Å². The van der Waals surface area contributed by atoms with Crippen molar-refractivity contribution in [3.63, 3.8) is 0 Å². The van der Waals surface area contributed by atoms with E-state index in [1.165, 1.54) is 44.5 Å². The normalized spacial score (nSPS) is 15.3. The molecule has 41 heavy (non-hydrogen) atoms. The highest BCUT2D eigenvalue weighted by Crippen LogP contribution is 2.61. The zero-order valence-corrected chi connectivity index (χ0v) is 25.8. The van der Waals surface area contributed by atoms with Gasteiger partial charge in [0.2, 0.25) is 0 Å². The number of rotatable bonds is 10. The van der Waals surface area contributed by atoms with Crippen LogP contribution >= 0.6 is 0 Å². The van der Waals surface area contributed by atoms with E-state index in [0.717, 1.165) is 25.7 Å². The van der Waals surface area contributed by atoms with Crippen molar-refractivity contribution in [2.75, 3.05) is 20.3 Å². The van der Waals surface area contributed by atoms with Crippen molar-refractivity contribution in [1.29, 1.82) is 0 Å². The zero-order valence-electron chi connectivity index (χ0n) is 25.8. The van der Waals surface area contributed by atoms with Gasteiger partial charge in [-0.05, 0) is 84.0 Å². The average molecular weight is 547 g/mol. The van der Waals surface area contributed by atoms with Crippen LogP contribution in [0.1, 0.15) is 82.6 Å². The molecule has 0 unspecified atom stereocenters. The Bertz CT molecular complexity index is 1390. The molecule has 0 aromatic heterocycles. The highest BCUT2D eigenvalue weighted by molar-refractivity contribution is 5.84. The molecule has 0 N–H and O–H groups in total. The third-order valence-corrected chi connectivity index (χ3v) is 9.56. The first-order valence-corrected chi connectivity index (χ1v) is 15.5. The standard InChI is InChI=1S/C37H40O2.C2H6/c1-5-35(2,3)39-25-23-37(33-20-12-8-16-29(33)30-17-9-13-21-34(30)37)26-36(22-24-38-4)31-18-10-6-14-27(31)28-15-7-11-19-32(28)36;1-2/h6-21H,5,22-26H2,1-4H3;1-2H3. The number of methoxy groups -OCH3 is 1. The lowest BCUT2D eigenvalue weighted by Gasteiger charge is -2.43. The Morgan fingerprint density at radius 1 is 0.561 bits per heavy atom. The van der Waals surface area contributed by atoms with Crippen molar-refractivity contribution in [3.8, 4) is 22.3 Å². The van der Waals surface area contributed by atoms with Gasteiger partial charge in [-0.2, -0.15) is 0 Å². The predicted octanol–water partition coefficient (Wildman–Crippen LogP) is 9.97. The molecule has 4 aromatic rings. The maximum Gasteiger partial charge on any atom is 0.0623 e. The van der Waals surface area contributed by atoms with Crippen molar-refractivity contribution in [3.05, 3.63) is 119 Å². The Kier molecular flexibility index (Phi) is 8.55. The number of benzene rings is 4. The highest BCUT2D eigenvalue weighted by atomic mass is 16.5. The Morgan fingerprint density at radius 2 is 0.902 bits per heavy atom. The molecule has 0 atom stereocenters. The zero-order chi connectivity index (χ0) is 29.1. The summed E-state index contributed by atoms with van der Waals surface area (Å²) in [6, 6.07) is 36.3. The fraction of sp³-hybridized carbons (Fsp3) is 0.385. The fourth-order valence-corrected chi connectivity index (χ4v) is 7.32. The lowest BCUT2D eigenvalue weighted by molar-refractivity contribution is -0.0272. The lowest BCUT2D eigenvalue weighted by Crippen LogP contribution is -2.40. The number of hydrogen-bond donors (Lipinski definition) is 0. The molecule has 214 valence electrons. The summed E-state index contributed by atoms with van der Waals surface area (Å²) in [5.41, 5.74) is 10.7. The van der Waals surface area contributed by atoms with Gasteiger partial charge < -0.3 is 9.47 Å². The summed E-state index contributed by atoms with van der Waals surface area (Å²) in [7, 11) is 1.83. The van der Waals surface area contributed by atoms with Crippen LogP contribution in [-0.4, -0.2) is 25.9 Å². The van der Waals surface area contributed by atoms with Gasteiger partial charge >= 0.3 is 0 Å². The molecular weight excluding hydrogens is 500 g/mol. The van der Waals surface area contributed by atoms with Crippen molar-refractivity contribution in [1.82, 2.24) is 0 Å². The lowest BCUT2D eigenvalue weighted by atomic mass is 9.60. The summed E-state index contributed by atoms with van der Waals surface area (Å²) >= 11 is 0. The van der Waals surface area contributed by atoms with Gasteiger partial charge in [0, 0.05) is 31.2 Å². The maximum absolute atomic E-state index is 6.59. The second-order valence-electron chi connectivity index (χ2n) is 12.0. The van der Waals surface area contributed by atoms with Crippen molar-refractivity contribution >= 4 is 0 Å². The van der Waals surface area contributed by atoms with Crippen LogP contribution in [0.25, 0.3) is 22.3 Å². The van der Waals surface area contributed by atoms with E-state index in [0.29, 0.717) is 13.2 Å². The molecule has 0 radical (unpaired) electrons. The number of fused-ring (bicyclic) bond motifs is 6. The first kappa shape index (κ1) is 29.3. The van der Waals surface area contributed by atoms with Gasteiger partial charge in [0.25, 0.3) is 0 Å². The first-order chi connectivity index (χ1) is 20.0. The van der Waals surface area contributed by atoms with E-state index >= 15 is 0 Å². The van der Waals surface area contributed by atoms with Crippen molar-refractivity contribution in [2.45, 2.75) is 76.7 Å². The van der Waals surface area contributed by atoms with E-state index in [9.17, 15) is 0 Å². The maximum atomic E-state index is 6.59. The summed E-state index contributed by atoms with van der Waals surface area (Å²) in [5, 5.41) is 0. The largest absolute Gasteiger partial charge is 0.385 e. The SMILES string of the molecule is CC.CCC(C)(C)OCCC1(CC2(CCOC)c3ccccc3-c3ccccc32)c2ccccc2-c2ccccc21. The minimum absolute atomic E-state index is 0.140. The van der Waals surface area contributed by atoms with Crippen LogP contribution in [0, 0.1) is 0 Å². The molecule has 2 nitrogen and oxygen atoms in total. The van der Waals surface area contributed by atoms with E-state index in [1.54, 1.807) is 0 Å². The van der Waals surface area contributed by atoms with Crippen LogP contribution in [0.15, 0.2) is 97.1 Å². The molecule has 2 aliphatic carbocycles. The molecule has 0 saturated heterocycles. The van der Waals surface area contributed by atoms with Gasteiger partial charge in [0.1, 0.15) is 0 Å². The molecule has 2 heteroatoms. The second kappa shape index (κ2) is 12.0. The average Bonchev–Trinajstić information content (AvgIpc) is 3.45. The van der Waals surface area contributed by atoms with Gasteiger partial charge in [0.15, 0.2) is 0 Å². The van der Waals surface area contributed by atoms with Crippen LogP contribution < -0.4 is 0 Å². The minimum Gasteiger partial charge on any atom is -0.385 e. The molecule has 4 aromatic carbocycles. The van der Waals surface area contributed by atoms with Gasteiger partial charge in [-0.15, -0.1) is 0 Å². The van der Waals surface area contributed by atoms with E-state index in [1.807, 2.05) is 21.0 Å². The number of ether oxygens (including phenoxy) is 2. The quantitative estimate of drug-likeness (QED) is 0.197. The molecule has 0 heterocycles. The van der Waals surface area contributed by atoms with Gasteiger partial charge in [-0.25, -0.2) is 0 Å². The van der Waals surface area contributed by atoms with Crippen LogP contribution in [-0.2, 0) is 20.3 Å². The number of hydrogen-bond acceptors (Lipinski definition) is 2. The highest BCUT2D eigenvalue weighted by Gasteiger charge is 2.52. The summed E-state index contributed by atoms with van der Waals surface area (Å²) in [6.45, 7) is 12.1. The van der Waals surface area contributed by atoms with Gasteiger partial charge in [0.05, 0.1) is 5.60 Å². The Balaban J connectivity index is 0.00000165. The monoisotopic (exact) mass is 546 g/mol. The molecule has 0 fully saturated rings. The molecule has 2 aliphatic rings. The van der Waals surface area contributed by atoms with Crippen LogP contribution in [0.2, 0.25) is 0 Å². The van der Waals surface area contributed by atoms with Gasteiger partial charge in [-0.3, -0.25) is 0 Å². The predicted molar refractivity (Wildman–Crippen MR) is 173 cm³/mol.